The first-order valence-electron chi connectivity index (χ1n) is 10.4. The van der Waals surface area contributed by atoms with Crippen molar-refractivity contribution in [2.45, 2.75) is 44.9 Å². The number of para-hydroxylation sites is 1. The zero-order chi connectivity index (χ0) is 22.4. The molecule has 0 aromatic heterocycles. The lowest BCUT2D eigenvalue weighted by Gasteiger charge is -2.13. The average Bonchev–Trinajstić information content (AvgIpc) is 2.75. The van der Waals surface area contributed by atoms with Gasteiger partial charge in [0.25, 0.3) is 15.9 Å². The summed E-state index contributed by atoms with van der Waals surface area (Å²) < 4.78 is 28.6. The van der Waals surface area contributed by atoms with Gasteiger partial charge in [-0.15, -0.1) is 0 Å². The number of benzene rings is 3. The summed E-state index contributed by atoms with van der Waals surface area (Å²) in [7, 11) is -3.84. The molecule has 0 heterocycles. The molecule has 3 aromatic carbocycles. The molecule has 3 rings (SSSR count). The maximum Gasteiger partial charge on any atom is 0.262 e. The number of rotatable bonds is 8. The van der Waals surface area contributed by atoms with Gasteiger partial charge in [0, 0.05) is 11.3 Å². The predicted octanol–water partition coefficient (Wildman–Crippen LogP) is 5.70. The van der Waals surface area contributed by atoms with E-state index in [1.165, 1.54) is 11.6 Å². The molecule has 0 saturated carbocycles. The SMILES string of the molecule is CCCCc1ccc(NC(=O)c2ccc(C)c(S(=O)(=O)Nc3ccccc3C)c2)cc1. The predicted molar refractivity (Wildman–Crippen MR) is 126 cm³/mol. The number of nitrogens with one attached hydrogen (secondary N) is 2. The van der Waals surface area contributed by atoms with E-state index in [0.29, 0.717) is 16.9 Å². The standard InChI is InChI=1S/C25H28N2O3S/c1-4-5-9-20-12-15-22(16-13-20)26-25(28)21-14-11-19(3)24(17-21)31(29,30)27-23-10-7-6-8-18(23)2/h6-8,10-17,27H,4-5,9H2,1-3H3,(H,26,28). The number of hydrogen-bond acceptors (Lipinski definition) is 3. The lowest BCUT2D eigenvalue weighted by Crippen LogP contribution is -2.17. The van der Waals surface area contributed by atoms with E-state index in [9.17, 15) is 13.2 Å². The van der Waals surface area contributed by atoms with Crippen molar-refractivity contribution in [3.8, 4) is 0 Å². The van der Waals surface area contributed by atoms with Gasteiger partial charge in [-0.25, -0.2) is 8.42 Å². The molecule has 0 radical (unpaired) electrons. The maximum atomic E-state index is 13.0. The Balaban J connectivity index is 1.80. The lowest BCUT2D eigenvalue weighted by molar-refractivity contribution is 0.102. The molecule has 0 saturated heterocycles. The Hall–Kier alpha value is -3.12. The molecule has 0 spiro atoms. The van der Waals surface area contributed by atoms with E-state index in [-0.39, 0.29) is 16.4 Å². The minimum absolute atomic E-state index is 0.0818. The highest BCUT2D eigenvalue weighted by molar-refractivity contribution is 7.92. The van der Waals surface area contributed by atoms with Crippen LogP contribution in [0.15, 0.2) is 71.6 Å². The van der Waals surface area contributed by atoms with Crippen LogP contribution in [0.1, 0.15) is 46.8 Å². The van der Waals surface area contributed by atoms with Gasteiger partial charge in [0.05, 0.1) is 10.6 Å². The number of carbonyl (C=O) groups is 1. The fourth-order valence-corrected chi connectivity index (χ4v) is 4.66. The summed E-state index contributed by atoms with van der Waals surface area (Å²) in [4.78, 5) is 12.8. The van der Waals surface area contributed by atoms with Crippen LogP contribution in [-0.4, -0.2) is 14.3 Å². The average molecular weight is 437 g/mol. The summed E-state index contributed by atoms with van der Waals surface area (Å²) in [5.41, 5.74) is 4.09. The highest BCUT2D eigenvalue weighted by Gasteiger charge is 2.20. The third-order valence-corrected chi connectivity index (χ3v) is 6.67. The molecule has 31 heavy (non-hydrogen) atoms. The first-order chi connectivity index (χ1) is 14.8. The fourth-order valence-electron chi connectivity index (χ4n) is 3.26. The lowest BCUT2D eigenvalue weighted by atomic mass is 10.1. The van der Waals surface area contributed by atoms with E-state index < -0.39 is 10.0 Å². The molecule has 5 nitrogen and oxygen atoms in total. The second-order valence-electron chi connectivity index (χ2n) is 7.66. The third-order valence-electron chi connectivity index (χ3n) is 5.16. The molecule has 0 bridgehead atoms. The van der Waals surface area contributed by atoms with Crippen LogP contribution in [0.2, 0.25) is 0 Å². The van der Waals surface area contributed by atoms with Gasteiger partial charge in [-0.3, -0.25) is 9.52 Å². The zero-order valence-electron chi connectivity index (χ0n) is 18.1. The number of hydrogen-bond donors (Lipinski definition) is 2. The molecule has 0 aliphatic rings. The van der Waals surface area contributed by atoms with E-state index in [1.807, 2.05) is 43.3 Å². The van der Waals surface area contributed by atoms with Crippen LogP contribution in [0.25, 0.3) is 0 Å². The van der Waals surface area contributed by atoms with Crippen LogP contribution in [0.4, 0.5) is 11.4 Å². The Labute approximate surface area is 184 Å². The highest BCUT2D eigenvalue weighted by Crippen LogP contribution is 2.23. The molecule has 0 unspecified atom stereocenters. The molecule has 6 heteroatoms. The van der Waals surface area contributed by atoms with E-state index in [0.717, 1.165) is 24.8 Å². The van der Waals surface area contributed by atoms with Gasteiger partial charge >= 0.3 is 0 Å². The summed E-state index contributed by atoms with van der Waals surface area (Å²) in [6.45, 7) is 5.70. The second kappa shape index (κ2) is 9.79. The maximum absolute atomic E-state index is 13.0. The van der Waals surface area contributed by atoms with Gasteiger partial charge in [-0.05, 0) is 73.7 Å². The minimum atomic E-state index is -3.84. The van der Waals surface area contributed by atoms with Crippen molar-refractivity contribution >= 4 is 27.3 Å². The number of amides is 1. The van der Waals surface area contributed by atoms with E-state index in [2.05, 4.69) is 17.0 Å². The van der Waals surface area contributed by atoms with E-state index >= 15 is 0 Å². The number of anilines is 2. The molecule has 0 fully saturated rings. The molecule has 1 amide bonds. The smallest absolute Gasteiger partial charge is 0.262 e. The molecule has 0 aliphatic heterocycles. The van der Waals surface area contributed by atoms with Crippen LogP contribution in [0.5, 0.6) is 0 Å². The molecule has 0 aliphatic carbocycles. The van der Waals surface area contributed by atoms with Crippen molar-refractivity contribution in [1.29, 1.82) is 0 Å². The number of aryl methyl sites for hydroxylation is 3. The monoisotopic (exact) mass is 436 g/mol. The van der Waals surface area contributed by atoms with Crippen molar-refractivity contribution in [2.75, 3.05) is 10.0 Å². The van der Waals surface area contributed by atoms with Crippen molar-refractivity contribution in [1.82, 2.24) is 0 Å². The summed E-state index contributed by atoms with van der Waals surface area (Å²) in [6.07, 6.45) is 3.27. The fraction of sp³-hybridized carbons (Fsp3) is 0.240. The summed E-state index contributed by atoms with van der Waals surface area (Å²) in [5.74, 6) is -0.353. The molecule has 3 aromatic rings. The van der Waals surface area contributed by atoms with Crippen molar-refractivity contribution in [3.05, 3.63) is 89.0 Å². The topological polar surface area (TPSA) is 75.3 Å². The molecule has 0 atom stereocenters. The van der Waals surface area contributed by atoms with E-state index in [1.54, 1.807) is 31.2 Å². The van der Waals surface area contributed by atoms with Crippen molar-refractivity contribution in [3.63, 3.8) is 0 Å². The van der Waals surface area contributed by atoms with Crippen LogP contribution in [0, 0.1) is 13.8 Å². The number of sulfonamides is 1. The quantitative estimate of drug-likeness (QED) is 0.476. The number of unbranched alkanes of at least 4 members (excludes halogenated alkanes) is 1. The molecular formula is C25H28N2O3S. The van der Waals surface area contributed by atoms with Gasteiger partial charge < -0.3 is 5.32 Å². The Morgan fingerprint density at radius 2 is 1.61 bits per heavy atom. The van der Waals surface area contributed by atoms with Crippen molar-refractivity contribution < 1.29 is 13.2 Å². The molecule has 162 valence electrons. The highest BCUT2D eigenvalue weighted by atomic mass is 32.2. The van der Waals surface area contributed by atoms with Gasteiger partial charge in [0.1, 0.15) is 0 Å². The van der Waals surface area contributed by atoms with Crippen LogP contribution in [0.3, 0.4) is 0 Å². The van der Waals surface area contributed by atoms with E-state index in [4.69, 9.17) is 0 Å². The van der Waals surface area contributed by atoms with Crippen LogP contribution < -0.4 is 10.0 Å². The van der Waals surface area contributed by atoms with Crippen LogP contribution >= 0.6 is 0 Å². The minimum Gasteiger partial charge on any atom is -0.322 e. The van der Waals surface area contributed by atoms with Crippen LogP contribution in [-0.2, 0) is 16.4 Å². The Kier molecular flexibility index (Phi) is 7.13. The molecular weight excluding hydrogens is 408 g/mol. The van der Waals surface area contributed by atoms with Gasteiger partial charge in [-0.1, -0.05) is 49.7 Å². The zero-order valence-corrected chi connectivity index (χ0v) is 18.9. The first-order valence-corrected chi connectivity index (χ1v) is 11.9. The molecule has 2 N–H and O–H groups in total. The van der Waals surface area contributed by atoms with Gasteiger partial charge in [-0.2, -0.15) is 0 Å². The summed E-state index contributed by atoms with van der Waals surface area (Å²) in [5, 5.41) is 2.84. The number of carbonyl (C=O) groups excluding carboxylic acids is 1. The summed E-state index contributed by atoms with van der Waals surface area (Å²) in [6, 6.07) is 19.6. The normalized spacial score (nSPS) is 11.2. The van der Waals surface area contributed by atoms with Gasteiger partial charge in [0.2, 0.25) is 0 Å². The Morgan fingerprint density at radius 1 is 0.903 bits per heavy atom. The first kappa shape index (κ1) is 22.6. The van der Waals surface area contributed by atoms with Crippen molar-refractivity contribution in [2.24, 2.45) is 0 Å². The Bertz CT molecular complexity index is 1170. The second-order valence-corrected chi connectivity index (χ2v) is 9.31. The Morgan fingerprint density at radius 3 is 2.29 bits per heavy atom. The van der Waals surface area contributed by atoms with Gasteiger partial charge in [0.15, 0.2) is 0 Å². The largest absolute Gasteiger partial charge is 0.322 e. The summed E-state index contributed by atoms with van der Waals surface area (Å²) >= 11 is 0. The third kappa shape index (κ3) is 5.73.